The molecule has 22 heavy (non-hydrogen) atoms. The molecule has 0 radical (unpaired) electrons. The van der Waals surface area contributed by atoms with Gasteiger partial charge in [-0.25, -0.2) is 0 Å². The summed E-state index contributed by atoms with van der Waals surface area (Å²) in [7, 11) is 0. The highest BCUT2D eigenvalue weighted by Crippen LogP contribution is 2.26. The number of carbonyl (C=O) groups is 3. The summed E-state index contributed by atoms with van der Waals surface area (Å²) >= 11 is 0. The van der Waals surface area contributed by atoms with Crippen LogP contribution in [0.4, 0.5) is 5.69 Å². The highest BCUT2D eigenvalue weighted by Gasteiger charge is 2.22. The van der Waals surface area contributed by atoms with E-state index in [0.29, 0.717) is 11.3 Å². The Labute approximate surface area is 128 Å². The van der Waals surface area contributed by atoms with E-state index < -0.39 is 17.9 Å². The fourth-order valence-electron chi connectivity index (χ4n) is 2.48. The van der Waals surface area contributed by atoms with Crippen molar-refractivity contribution in [3.8, 4) is 0 Å². The number of benzene rings is 1. The Morgan fingerprint density at radius 2 is 1.73 bits per heavy atom. The van der Waals surface area contributed by atoms with E-state index in [1.807, 2.05) is 0 Å². The molecule has 6 nitrogen and oxygen atoms in total. The molecule has 1 aromatic rings. The molecule has 1 fully saturated rings. The molecule has 1 aliphatic rings. The zero-order chi connectivity index (χ0) is 16.1. The summed E-state index contributed by atoms with van der Waals surface area (Å²) in [5.41, 5.74) is 0.992. The number of carboxylic acids is 1. The van der Waals surface area contributed by atoms with Gasteiger partial charge in [-0.15, -0.1) is 0 Å². The van der Waals surface area contributed by atoms with E-state index in [4.69, 9.17) is 5.11 Å². The maximum Gasteiger partial charge on any atom is 0.325 e. The molecule has 2 rings (SSSR count). The highest BCUT2D eigenvalue weighted by molar-refractivity contribution is 5.97. The average Bonchev–Trinajstić information content (AvgIpc) is 3.02. The predicted octanol–water partition coefficient (Wildman–Crippen LogP) is 2.02. The van der Waals surface area contributed by atoms with Crippen molar-refractivity contribution in [2.45, 2.75) is 38.6 Å². The van der Waals surface area contributed by atoms with Crippen LogP contribution in [0.25, 0.3) is 0 Å². The Balaban J connectivity index is 1.93. The van der Waals surface area contributed by atoms with Crippen molar-refractivity contribution in [3.63, 3.8) is 0 Å². The summed E-state index contributed by atoms with van der Waals surface area (Å²) < 4.78 is 0. The second kappa shape index (κ2) is 7.06. The standard InChI is InChI=1S/C16H20N2O4/c1-10(16(21)22)17-14(19)12-6-8-13(9-7-12)18-15(20)11-4-2-3-5-11/h6-11H,2-5H2,1H3,(H,17,19)(H,18,20)(H,21,22). The van der Waals surface area contributed by atoms with Crippen LogP contribution in [-0.2, 0) is 9.59 Å². The third kappa shape index (κ3) is 4.07. The van der Waals surface area contributed by atoms with Gasteiger partial charge in [-0.1, -0.05) is 12.8 Å². The summed E-state index contributed by atoms with van der Waals surface area (Å²) in [6, 6.07) is 5.47. The summed E-state index contributed by atoms with van der Waals surface area (Å²) in [5, 5.41) is 14.0. The second-order valence-electron chi connectivity index (χ2n) is 5.58. The van der Waals surface area contributed by atoms with Gasteiger partial charge in [0.1, 0.15) is 6.04 Å². The number of hydrogen-bond acceptors (Lipinski definition) is 3. The molecule has 2 amide bonds. The Hall–Kier alpha value is -2.37. The van der Waals surface area contributed by atoms with E-state index in [1.165, 1.54) is 6.92 Å². The molecule has 6 heteroatoms. The molecule has 3 N–H and O–H groups in total. The van der Waals surface area contributed by atoms with Crippen LogP contribution in [0, 0.1) is 5.92 Å². The first-order valence-corrected chi connectivity index (χ1v) is 7.42. The monoisotopic (exact) mass is 304 g/mol. The lowest BCUT2D eigenvalue weighted by molar-refractivity contribution is -0.138. The van der Waals surface area contributed by atoms with Gasteiger partial charge < -0.3 is 15.7 Å². The average molecular weight is 304 g/mol. The summed E-state index contributed by atoms with van der Waals surface area (Å²) in [6.45, 7) is 1.40. The van der Waals surface area contributed by atoms with Crippen molar-refractivity contribution < 1.29 is 19.5 Å². The van der Waals surface area contributed by atoms with Crippen LogP contribution >= 0.6 is 0 Å². The molecule has 0 aliphatic heterocycles. The van der Waals surface area contributed by atoms with Crippen molar-refractivity contribution in [3.05, 3.63) is 29.8 Å². The third-order valence-corrected chi connectivity index (χ3v) is 3.86. The van der Waals surface area contributed by atoms with Crippen LogP contribution in [0.2, 0.25) is 0 Å². The Morgan fingerprint density at radius 1 is 1.14 bits per heavy atom. The van der Waals surface area contributed by atoms with Crippen molar-refractivity contribution in [1.82, 2.24) is 5.32 Å². The van der Waals surface area contributed by atoms with Crippen LogP contribution in [0.1, 0.15) is 43.0 Å². The first-order chi connectivity index (χ1) is 10.5. The highest BCUT2D eigenvalue weighted by atomic mass is 16.4. The van der Waals surface area contributed by atoms with Crippen LogP contribution in [-0.4, -0.2) is 28.9 Å². The minimum Gasteiger partial charge on any atom is -0.480 e. The van der Waals surface area contributed by atoms with Gasteiger partial charge in [0.2, 0.25) is 5.91 Å². The molecule has 118 valence electrons. The van der Waals surface area contributed by atoms with Crippen molar-refractivity contribution in [2.24, 2.45) is 5.92 Å². The number of carboxylic acid groups (broad SMARTS) is 1. The number of carbonyl (C=O) groups excluding carboxylic acids is 2. The van der Waals surface area contributed by atoms with E-state index in [1.54, 1.807) is 24.3 Å². The summed E-state index contributed by atoms with van der Waals surface area (Å²) in [6.07, 6.45) is 4.05. The van der Waals surface area contributed by atoms with Crippen molar-refractivity contribution in [2.75, 3.05) is 5.32 Å². The van der Waals surface area contributed by atoms with Crippen molar-refractivity contribution in [1.29, 1.82) is 0 Å². The third-order valence-electron chi connectivity index (χ3n) is 3.86. The van der Waals surface area contributed by atoms with Gasteiger partial charge in [0, 0.05) is 17.2 Å². The number of anilines is 1. The van der Waals surface area contributed by atoms with E-state index >= 15 is 0 Å². The molecule has 1 aliphatic carbocycles. The second-order valence-corrected chi connectivity index (χ2v) is 5.58. The molecule has 1 saturated carbocycles. The first kappa shape index (κ1) is 16.0. The number of amides is 2. The Morgan fingerprint density at radius 3 is 2.27 bits per heavy atom. The lowest BCUT2D eigenvalue weighted by Crippen LogP contribution is -2.38. The number of aliphatic carboxylic acids is 1. The molecule has 0 saturated heterocycles. The zero-order valence-electron chi connectivity index (χ0n) is 12.5. The topological polar surface area (TPSA) is 95.5 Å². The van der Waals surface area contributed by atoms with Gasteiger partial charge in [0.05, 0.1) is 0 Å². The first-order valence-electron chi connectivity index (χ1n) is 7.42. The van der Waals surface area contributed by atoms with Crippen molar-refractivity contribution >= 4 is 23.5 Å². The fourth-order valence-corrected chi connectivity index (χ4v) is 2.48. The lowest BCUT2D eigenvalue weighted by Gasteiger charge is -2.12. The van der Waals surface area contributed by atoms with E-state index in [2.05, 4.69) is 10.6 Å². The molecule has 1 atom stereocenters. The van der Waals surface area contributed by atoms with Gasteiger partial charge >= 0.3 is 5.97 Å². The fraction of sp³-hybridized carbons (Fsp3) is 0.438. The molecular formula is C16H20N2O4. The normalized spacial score (nSPS) is 16.0. The summed E-state index contributed by atoms with van der Waals surface area (Å²) in [5.74, 6) is -1.44. The zero-order valence-corrected chi connectivity index (χ0v) is 12.5. The van der Waals surface area contributed by atoms with Gasteiger partial charge in [-0.05, 0) is 44.0 Å². The molecule has 0 bridgehead atoms. The SMILES string of the molecule is CC(NC(=O)c1ccc(NC(=O)C2CCCC2)cc1)C(=O)O. The van der Waals surface area contributed by atoms with E-state index in [-0.39, 0.29) is 11.8 Å². The smallest absolute Gasteiger partial charge is 0.325 e. The van der Waals surface area contributed by atoms with Crippen LogP contribution in [0.5, 0.6) is 0 Å². The maximum atomic E-state index is 12.0. The molecule has 0 aromatic heterocycles. The molecule has 1 unspecified atom stereocenters. The minimum atomic E-state index is -1.09. The molecular weight excluding hydrogens is 284 g/mol. The minimum absolute atomic E-state index is 0.0224. The number of hydrogen-bond donors (Lipinski definition) is 3. The molecule has 0 heterocycles. The Kier molecular flexibility index (Phi) is 5.14. The van der Waals surface area contributed by atoms with Crippen LogP contribution < -0.4 is 10.6 Å². The van der Waals surface area contributed by atoms with Gasteiger partial charge in [0.15, 0.2) is 0 Å². The molecule has 1 aromatic carbocycles. The van der Waals surface area contributed by atoms with Gasteiger partial charge in [-0.3, -0.25) is 14.4 Å². The number of nitrogens with one attached hydrogen (secondary N) is 2. The Bertz CT molecular complexity index is 562. The molecule has 0 spiro atoms. The van der Waals surface area contributed by atoms with Gasteiger partial charge in [0.25, 0.3) is 5.91 Å². The predicted molar refractivity (Wildman–Crippen MR) is 81.6 cm³/mol. The van der Waals surface area contributed by atoms with Gasteiger partial charge in [-0.2, -0.15) is 0 Å². The summed E-state index contributed by atoms with van der Waals surface area (Å²) in [4.78, 5) is 34.5. The van der Waals surface area contributed by atoms with E-state index in [0.717, 1.165) is 25.7 Å². The van der Waals surface area contributed by atoms with E-state index in [9.17, 15) is 14.4 Å². The lowest BCUT2D eigenvalue weighted by atomic mass is 10.1. The van der Waals surface area contributed by atoms with Crippen LogP contribution in [0.15, 0.2) is 24.3 Å². The van der Waals surface area contributed by atoms with Crippen LogP contribution in [0.3, 0.4) is 0 Å². The maximum absolute atomic E-state index is 12.0. The largest absolute Gasteiger partial charge is 0.480 e. The number of rotatable bonds is 5. The quantitative estimate of drug-likeness (QED) is 0.775.